The maximum Gasteiger partial charge on any atom is 0.573 e. The van der Waals surface area contributed by atoms with Crippen LogP contribution in [0.4, 0.5) is 32.4 Å². The van der Waals surface area contributed by atoms with Crippen molar-refractivity contribution in [1.29, 1.82) is 0 Å². The first kappa shape index (κ1) is 30.5. The number of aromatic nitrogens is 3. The Labute approximate surface area is 230 Å². The highest BCUT2D eigenvalue weighted by atomic mass is 32.1. The molecule has 0 aliphatic carbocycles. The Morgan fingerprint density at radius 1 is 1.12 bits per heavy atom. The summed E-state index contributed by atoms with van der Waals surface area (Å²) in [6.45, 7) is 3.77. The lowest BCUT2D eigenvalue weighted by Gasteiger charge is -2.36. The minimum Gasteiger partial charge on any atom is -0.443 e. The Hall–Kier alpha value is -4.05. The molecule has 3 aromatic rings. The molecule has 10 nitrogen and oxygen atoms in total. The molecular weight excluding hydrogens is 563 g/mol. The molecule has 3 N–H and O–H groups in total. The van der Waals surface area contributed by atoms with Crippen LogP contribution < -0.4 is 15.5 Å². The number of ether oxygens (including phenoxy) is 2. The van der Waals surface area contributed by atoms with Crippen LogP contribution >= 0.6 is 12.2 Å². The van der Waals surface area contributed by atoms with Gasteiger partial charge in [-0.05, 0) is 63.3 Å². The van der Waals surface area contributed by atoms with E-state index in [1.165, 1.54) is 29.5 Å². The average Bonchev–Trinajstić information content (AvgIpc) is 3.30. The number of halogens is 5. The normalized spacial score (nSPS) is 13.2. The third kappa shape index (κ3) is 9.01. The maximum atomic E-state index is 14.9. The number of hydrazine groups is 1. The molecule has 0 unspecified atom stereocenters. The number of alkyl halides is 3. The van der Waals surface area contributed by atoms with Crippen LogP contribution in [0.15, 0.2) is 55.1 Å². The summed E-state index contributed by atoms with van der Waals surface area (Å²) >= 11 is 5.39. The molecule has 0 aliphatic heterocycles. The second kappa shape index (κ2) is 12.0. The largest absolute Gasteiger partial charge is 0.573 e. The summed E-state index contributed by atoms with van der Waals surface area (Å²) in [6, 6.07) is 7.05. The molecule has 0 spiro atoms. The number of nitrogens with zero attached hydrogens (tertiary/aromatic N) is 4. The Morgan fingerprint density at radius 3 is 2.35 bits per heavy atom. The molecule has 0 fully saturated rings. The maximum absolute atomic E-state index is 14.9. The van der Waals surface area contributed by atoms with Crippen LogP contribution in [0.1, 0.15) is 26.3 Å². The third-order valence-electron chi connectivity index (χ3n) is 4.95. The quantitative estimate of drug-likeness (QED) is 0.209. The molecule has 0 bridgehead atoms. The van der Waals surface area contributed by atoms with E-state index in [-0.39, 0.29) is 16.4 Å². The molecule has 0 radical (unpaired) electrons. The van der Waals surface area contributed by atoms with Crippen LogP contribution in [0.5, 0.6) is 5.75 Å². The predicted octanol–water partition coefficient (Wildman–Crippen LogP) is 4.48. The summed E-state index contributed by atoms with van der Waals surface area (Å²) in [5, 5.41) is 19.0. The van der Waals surface area contributed by atoms with Gasteiger partial charge in [0.1, 0.15) is 41.2 Å². The SMILES string of the molecule is CC(C)(C)OC(=O)NN(C[C@](O)(Cn1cncn1)c1ccc(F)cc1F)C(=S)Nc1ccc(OC(F)(F)F)cc1. The van der Waals surface area contributed by atoms with Gasteiger partial charge in [-0.1, -0.05) is 6.07 Å². The van der Waals surface area contributed by atoms with Crippen LogP contribution in [0.3, 0.4) is 0 Å². The van der Waals surface area contributed by atoms with Crippen molar-refractivity contribution >= 4 is 29.1 Å². The van der Waals surface area contributed by atoms with Gasteiger partial charge in [-0.15, -0.1) is 13.2 Å². The molecule has 2 aromatic carbocycles. The molecule has 3 rings (SSSR count). The van der Waals surface area contributed by atoms with Crippen LogP contribution in [-0.2, 0) is 16.9 Å². The van der Waals surface area contributed by atoms with E-state index in [1.54, 1.807) is 20.8 Å². The van der Waals surface area contributed by atoms with Gasteiger partial charge in [0, 0.05) is 17.3 Å². The number of hydrogen-bond donors (Lipinski definition) is 3. The first-order valence-electron chi connectivity index (χ1n) is 11.5. The highest BCUT2D eigenvalue weighted by molar-refractivity contribution is 7.80. The van der Waals surface area contributed by atoms with E-state index < -0.39 is 54.1 Å². The van der Waals surface area contributed by atoms with Gasteiger partial charge >= 0.3 is 12.5 Å². The molecule has 16 heteroatoms. The van der Waals surface area contributed by atoms with Crippen molar-refractivity contribution in [2.45, 2.75) is 44.9 Å². The smallest absolute Gasteiger partial charge is 0.443 e. The molecule has 1 aromatic heterocycles. The van der Waals surface area contributed by atoms with Gasteiger partial charge in [0.2, 0.25) is 0 Å². The van der Waals surface area contributed by atoms with Crippen molar-refractivity contribution in [2.75, 3.05) is 11.9 Å². The minimum atomic E-state index is -4.89. The number of nitrogens with one attached hydrogen (secondary N) is 2. The number of rotatable bonds is 7. The number of benzene rings is 2. The fourth-order valence-electron chi connectivity index (χ4n) is 3.44. The summed E-state index contributed by atoms with van der Waals surface area (Å²) in [5.74, 6) is -2.45. The number of aliphatic hydroxyl groups is 1. The Balaban J connectivity index is 1.93. The van der Waals surface area contributed by atoms with Gasteiger partial charge < -0.3 is 19.9 Å². The molecule has 216 valence electrons. The van der Waals surface area contributed by atoms with Crippen molar-refractivity contribution < 1.29 is 41.3 Å². The van der Waals surface area contributed by atoms with Crippen LogP contribution in [0.25, 0.3) is 0 Å². The van der Waals surface area contributed by atoms with E-state index in [0.29, 0.717) is 6.07 Å². The van der Waals surface area contributed by atoms with E-state index in [4.69, 9.17) is 17.0 Å². The number of carbonyl (C=O) groups is 1. The van der Waals surface area contributed by atoms with Gasteiger partial charge in [0.25, 0.3) is 0 Å². The first-order valence-corrected chi connectivity index (χ1v) is 11.9. The molecule has 0 aliphatic rings. The lowest BCUT2D eigenvalue weighted by Crippen LogP contribution is -2.56. The van der Waals surface area contributed by atoms with Crippen molar-refractivity contribution in [3.8, 4) is 5.75 Å². The van der Waals surface area contributed by atoms with Gasteiger partial charge in [-0.3, -0.25) is 5.01 Å². The lowest BCUT2D eigenvalue weighted by molar-refractivity contribution is -0.274. The summed E-state index contributed by atoms with van der Waals surface area (Å²) in [4.78, 5) is 16.4. The minimum absolute atomic E-state index is 0.184. The zero-order chi connectivity index (χ0) is 29.7. The summed E-state index contributed by atoms with van der Waals surface area (Å²) in [6.07, 6.45) is -3.45. The Bertz CT molecular complexity index is 1320. The van der Waals surface area contributed by atoms with Gasteiger partial charge in [-0.2, -0.15) is 5.10 Å². The van der Waals surface area contributed by atoms with Crippen LogP contribution in [-0.4, -0.2) is 54.6 Å². The van der Waals surface area contributed by atoms with E-state index in [9.17, 15) is 31.9 Å². The zero-order valence-corrected chi connectivity index (χ0v) is 22.2. The number of thiocarbonyl (C=S) groups is 1. The fourth-order valence-corrected chi connectivity index (χ4v) is 3.66. The molecule has 1 atom stereocenters. The lowest BCUT2D eigenvalue weighted by atomic mass is 9.92. The second-order valence-corrected chi connectivity index (χ2v) is 9.84. The zero-order valence-electron chi connectivity index (χ0n) is 21.4. The van der Waals surface area contributed by atoms with E-state index >= 15 is 0 Å². The molecule has 1 heterocycles. The highest BCUT2D eigenvalue weighted by Crippen LogP contribution is 2.28. The number of amides is 1. The molecule has 0 saturated carbocycles. The molecule has 0 saturated heterocycles. The van der Waals surface area contributed by atoms with Crippen molar-refractivity contribution in [3.63, 3.8) is 0 Å². The average molecular weight is 589 g/mol. The van der Waals surface area contributed by atoms with Crippen molar-refractivity contribution in [1.82, 2.24) is 25.2 Å². The standard InChI is InChI=1S/C24H25F5N6O4S/c1-22(2,3)39-21(36)33-35(20(40)32-16-5-7-17(8-6-16)38-24(27,28)29)12-23(37,11-34-14-30-13-31-34)18-9-4-15(25)10-19(18)26/h4-10,13-14,37H,11-12H2,1-3H3,(H,32,40)(H,33,36)/t23-/m1/s1. The van der Waals surface area contributed by atoms with E-state index in [2.05, 4.69) is 25.6 Å². The summed E-state index contributed by atoms with van der Waals surface area (Å²) < 4.78 is 76.3. The predicted molar refractivity (Wildman–Crippen MR) is 136 cm³/mol. The second-order valence-electron chi connectivity index (χ2n) is 9.45. The Kier molecular flexibility index (Phi) is 9.14. The number of hydrogen-bond acceptors (Lipinski definition) is 7. The van der Waals surface area contributed by atoms with Gasteiger partial charge in [0.05, 0.1) is 13.1 Å². The molecule has 1 amide bonds. The third-order valence-corrected chi connectivity index (χ3v) is 5.27. The van der Waals surface area contributed by atoms with E-state index in [1.807, 2.05) is 0 Å². The highest BCUT2D eigenvalue weighted by Gasteiger charge is 2.38. The van der Waals surface area contributed by atoms with Crippen molar-refractivity contribution in [2.24, 2.45) is 0 Å². The fraction of sp³-hybridized carbons (Fsp3) is 0.333. The van der Waals surface area contributed by atoms with Gasteiger partial charge in [0.15, 0.2) is 5.11 Å². The van der Waals surface area contributed by atoms with Crippen molar-refractivity contribution in [3.05, 3.63) is 72.3 Å². The first-order chi connectivity index (χ1) is 18.5. The molecular formula is C24H25F5N6O4S. The topological polar surface area (TPSA) is 114 Å². The van der Waals surface area contributed by atoms with Crippen LogP contribution in [0, 0.1) is 11.6 Å². The summed E-state index contributed by atoms with van der Waals surface area (Å²) in [7, 11) is 0. The Morgan fingerprint density at radius 2 is 1.80 bits per heavy atom. The number of anilines is 1. The van der Waals surface area contributed by atoms with Crippen LogP contribution in [0.2, 0.25) is 0 Å². The monoisotopic (exact) mass is 588 g/mol. The molecule has 40 heavy (non-hydrogen) atoms. The number of carbonyl (C=O) groups excluding carboxylic acids is 1. The summed E-state index contributed by atoms with van der Waals surface area (Å²) in [5.41, 5.74) is -0.931. The van der Waals surface area contributed by atoms with Gasteiger partial charge in [-0.25, -0.2) is 28.7 Å². The van der Waals surface area contributed by atoms with E-state index in [0.717, 1.165) is 29.3 Å².